The Morgan fingerprint density at radius 3 is 2.76 bits per heavy atom. The molecule has 3 atom stereocenters. The lowest BCUT2D eigenvalue weighted by Gasteiger charge is -2.23. The minimum Gasteiger partial charge on any atom is -0.301 e. The van der Waals surface area contributed by atoms with Crippen molar-refractivity contribution in [3.8, 4) is 0 Å². The quantitative estimate of drug-likeness (QED) is 0.662. The Kier molecular flexibility index (Phi) is 2.67. The van der Waals surface area contributed by atoms with E-state index in [-0.39, 0.29) is 17.9 Å². The molecule has 2 amide bonds. The molecule has 0 aromatic rings. The first-order valence-corrected chi connectivity index (χ1v) is 6.47. The zero-order chi connectivity index (χ0) is 12.0. The molecule has 5 nitrogen and oxygen atoms in total. The van der Waals surface area contributed by atoms with Crippen molar-refractivity contribution in [2.24, 2.45) is 0 Å². The topological polar surface area (TPSA) is 52.7 Å². The molecule has 3 heterocycles. The van der Waals surface area contributed by atoms with E-state index in [4.69, 9.17) is 0 Å². The Bertz CT molecular complexity index is 358. The van der Waals surface area contributed by atoms with Crippen LogP contribution in [0.25, 0.3) is 0 Å². The van der Waals surface area contributed by atoms with E-state index in [1.54, 1.807) is 7.05 Å². The number of nitrogens with zero attached hydrogens (tertiary/aromatic N) is 2. The second-order valence-electron chi connectivity index (χ2n) is 5.36. The van der Waals surface area contributed by atoms with Crippen molar-refractivity contribution in [3.63, 3.8) is 0 Å². The summed E-state index contributed by atoms with van der Waals surface area (Å²) in [5, 5.41) is 3.41. The first kappa shape index (κ1) is 11.2. The average Bonchev–Trinajstić information content (AvgIpc) is 2.95. The van der Waals surface area contributed by atoms with Crippen LogP contribution in [0.5, 0.6) is 0 Å². The number of hydrogen-bond donors (Lipinski definition) is 1. The monoisotopic (exact) mass is 237 g/mol. The van der Waals surface area contributed by atoms with Crippen LogP contribution in [-0.2, 0) is 9.59 Å². The van der Waals surface area contributed by atoms with Gasteiger partial charge in [0, 0.05) is 25.7 Å². The SMILES string of the molecule is CN1C(=O)CC(NC2CCN3CCCC23)C1=O. The van der Waals surface area contributed by atoms with Crippen LogP contribution < -0.4 is 5.32 Å². The summed E-state index contributed by atoms with van der Waals surface area (Å²) < 4.78 is 0. The first-order chi connectivity index (χ1) is 8.16. The summed E-state index contributed by atoms with van der Waals surface area (Å²) in [4.78, 5) is 27.0. The van der Waals surface area contributed by atoms with E-state index in [0.29, 0.717) is 18.5 Å². The largest absolute Gasteiger partial charge is 0.301 e. The van der Waals surface area contributed by atoms with E-state index in [2.05, 4.69) is 10.2 Å². The van der Waals surface area contributed by atoms with E-state index in [9.17, 15) is 9.59 Å². The molecule has 3 rings (SSSR count). The minimum absolute atomic E-state index is 0.0613. The maximum absolute atomic E-state index is 11.8. The number of nitrogens with one attached hydrogen (secondary N) is 1. The molecule has 0 radical (unpaired) electrons. The molecule has 3 fully saturated rings. The van der Waals surface area contributed by atoms with Crippen LogP contribution in [0.2, 0.25) is 0 Å². The maximum Gasteiger partial charge on any atom is 0.246 e. The molecule has 0 spiro atoms. The third-order valence-corrected chi connectivity index (χ3v) is 4.40. The first-order valence-electron chi connectivity index (χ1n) is 6.47. The van der Waals surface area contributed by atoms with Crippen LogP contribution in [0.1, 0.15) is 25.7 Å². The van der Waals surface area contributed by atoms with Gasteiger partial charge in [0.1, 0.15) is 0 Å². The van der Waals surface area contributed by atoms with Gasteiger partial charge in [-0.3, -0.25) is 19.4 Å². The summed E-state index contributed by atoms with van der Waals surface area (Å²) in [6, 6.07) is 0.701. The molecule has 94 valence electrons. The molecule has 5 heteroatoms. The number of carbonyl (C=O) groups is 2. The summed E-state index contributed by atoms with van der Waals surface area (Å²) in [5.74, 6) is -0.125. The molecule has 0 bridgehead atoms. The van der Waals surface area contributed by atoms with Crippen LogP contribution in [0.4, 0.5) is 0 Å². The lowest BCUT2D eigenvalue weighted by atomic mass is 10.0. The van der Waals surface area contributed by atoms with Crippen molar-refractivity contribution < 1.29 is 9.59 Å². The summed E-state index contributed by atoms with van der Waals surface area (Å²) in [6.07, 6.45) is 3.92. The van der Waals surface area contributed by atoms with Gasteiger partial charge in [0.15, 0.2) is 0 Å². The van der Waals surface area contributed by atoms with Crippen molar-refractivity contribution >= 4 is 11.8 Å². The number of fused-ring (bicyclic) bond motifs is 1. The number of hydrogen-bond acceptors (Lipinski definition) is 4. The Labute approximate surface area is 101 Å². The predicted octanol–water partition coefficient (Wildman–Crippen LogP) is -0.430. The highest BCUT2D eigenvalue weighted by atomic mass is 16.2. The summed E-state index contributed by atoms with van der Waals surface area (Å²) >= 11 is 0. The normalized spacial score (nSPS) is 38.2. The van der Waals surface area contributed by atoms with E-state index >= 15 is 0 Å². The number of amides is 2. The fourth-order valence-electron chi connectivity index (χ4n) is 3.42. The molecule has 0 aromatic carbocycles. The lowest BCUT2D eigenvalue weighted by molar-refractivity contribution is -0.137. The number of rotatable bonds is 2. The number of likely N-dealkylation sites (tertiary alicyclic amines) is 1. The summed E-state index contributed by atoms with van der Waals surface area (Å²) in [6.45, 7) is 2.33. The van der Waals surface area contributed by atoms with Crippen molar-refractivity contribution in [1.82, 2.24) is 15.1 Å². The van der Waals surface area contributed by atoms with Gasteiger partial charge >= 0.3 is 0 Å². The second-order valence-corrected chi connectivity index (χ2v) is 5.36. The average molecular weight is 237 g/mol. The van der Waals surface area contributed by atoms with Gasteiger partial charge in [-0.15, -0.1) is 0 Å². The zero-order valence-electron chi connectivity index (χ0n) is 10.2. The van der Waals surface area contributed by atoms with Gasteiger partial charge < -0.3 is 5.32 Å². The molecule has 0 aliphatic carbocycles. The minimum atomic E-state index is -0.280. The van der Waals surface area contributed by atoms with Gasteiger partial charge in [-0.1, -0.05) is 0 Å². The highest BCUT2D eigenvalue weighted by molar-refractivity contribution is 6.05. The van der Waals surface area contributed by atoms with E-state index in [1.807, 2.05) is 0 Å². The van der Waals surface area contributed by atoms with Gasteiger partial charge in [-0.2, -0.15) is 0 Å². The van der Waals surface area contributed by atoms with E-state index < -0.39 is 0 Å². The van der Waals surface area contributed by atoms with E-state index in [1.165, 1.54) is 24.3 Å². The molecule has 0 saturated carbocycles. The van der Waals surface area contributed by atoms with Gasteiger partial charge in [-0.25, -0.2) is 0 Å². The van der Waals surface area contributed by atoms with Crippen LogP contribution in [-0.4, -0.2) is 59.9 Å². The Hall–Kier alpha value is -0.940. The molecule has 3 aliphatic heterocycles. The predicted molar refractivity (Wildman–Crippen MR) is 62.3 cm³/mol. The lowest BCUT2D eigenvalue weighted by Crippen LogP contribution is -2.47. The molecule has 0 aromatic heterocycles. The molecular weight excluding hydrogens is 218 g/mol. The second kappa shape index (κ2) is 4.07. The van der Waals surface area contributed by atoms with E-state index in [0.717, 1.165) is 13.0 Å². The highest BCUT2D eigenvalue weighted by Gasteiger charge is 2.42. The Morgan fingerprint density at radius 1 is 1.24 bits per heavy atom. The van der Waals surface area contributed by atoms with Crippen LogP contribution in [0.15, 0.2) is 0 Å². The third-order valence-electron chi connectivity index (χ3n) is 4.40. The fourth-order valence-corrected chi connectivity index (χ4v) is 3.42. The standard InChI is InChI=1S/C12H19N3O2/c1-14-11(16)7-9(12(14)17)13-8-4-6-15-5-2-3-10(8)15/h8-10,13H,2-7H2,1H3. The number of carbonyl (C=O) groups excluding carboxylic acids is 2. The molecule has 1 N–H and O–H groups in total. The van der Waals surface area contributed by atoms with Crippen molar-refractivity contribution in [2.45, 2.75) is 43.8 Å². The number of likely N-dealkylation sites (N-methyl/N-ethyl adjacent to an activating group) is 1. The molecular formula is C12H19N3O2. The van der Waals surface area contributed by atoms with Crippen molar-refractivity contribution in [2.75, 3.05) is 20.1 Å². The third kappa shape index (κ3) is 1.77. The summed E-state index contributed by atoms with van der Waals surface area (Å²) in [7, 11) is 1.57. The molecule has 3 unspecified atom stereocenters. The van der Waals surface area contributed by atoms with Gasteiger partial charge in [-0.05, 0) is 25.8 Å². The van der Waals surface area contributed by atoms with Gasteiger partial charge in [0.2, 0.25) is 11.8 Å². The summed E-state index contributed by atoms with van der Waals surface area (Å²) in [5.41, 5.74) is 0. The highest BCUT2D eigenvalue weighted by Crippen LogP contribution is 2.28. The van der Waals surface area contributed by atoms with Crippen LogP contribution in [0.3, 0.4) is 0 Å². The number of imide groups is 1. The zero-order valence-corrected chi connectivity index (χ0v) is 10.2. The molecule has 17 heavy (non-hydrogen) atoms. The van der Waals surface area contributed by atoms with Crippen molar-refractivity contribution in [1.29, 1.82) is 0 Å². The molecule has 3 saturated heterocycles. The maximum atomic E-state index is 11.8. The van der Waals surface area contributed by atoms with Crippen LogP contribution in [0, 0.1) is 0 Å². The Morgan fingerprint density at radius 2 is 2.06 bits per heavy atom. The molecule has 3 aliphatic rings. The smallest absolute Gasteiger partial charge is 0.246 e. The fraction of sp³-hybridized carbons (Fsp3) is 0.833. The van der Waals surface area contributed by atoms with Crippen LogP contribution >= 0.6 is 0 Å². The Balaban J connectivity index is 1.64. The van der Waals surface area contributed by atoms with Gasteiger partial charge in [0.25, 0.3) is 0 Å². The van der Waals surface area contributed by atoms with Crippen molar-refractivity contribution in [3.05, 3.63) is 0 Å². The van der Waals surface area contributed by atoms with Gasteiger partial charge in [0.05, 0.1) is 12.5 Å².